The maximum Gasteiger partial charge on any atom is 0.407 e. The number of hydrogen-bond donors (Lipinski definition) is 1. The van der Waals surface area contributed by atoms with E-state index in [2.05, 4.69) is 10.1 Å². The molecule has 13 nitrogen and oxygen atoms in total. The minimum atomic E-state index is -0.989. The van der Waals surface area contributed by atoms with Gasteiger partial charge in [-0.25, -0.2) is 4.79 Å². The van der Waals surface area contributed by atoms with E-state index in [-0.39, 0.29) is 25.0 Å². The lowest BCUT2D eigenvalue weighted by molar-refractivity contribution is -0.175. The number of likely N-dealkylation sites (tertiary alicyclic amines) is 1. The van der Waals surface area contributed by atoms with Gasteiger partial charge in [0, 0.05) is 36.1 Å². The molecule has 0 aliphatic carbocycles. The number of piperidine rings is 1. The molecule has 1 N–H and O–H groups in total. The van der Waals surface area contributed by atoms with Crippen LogP contribution in [0.5, 0.6) is 28.7 Å². The monoisotopic (exact) mass is 685 g/mol. The van der Waals surface area contributed by atoms with Crippen LogP contribution in [0.15, 0.2) is 77.3 Å². The first kappa shape index (κ1) is 34.3. The summed E-state index contributed by atoms with van der Waals surface area (Å²) in [5.74, 6) is 3.22. The van der Waals surface area contributed by atoms with Crippen molar-refractivity contribution in [3.05, 3.63) is 89.8 Å². The van der Waals surface area contributed by atoms with E-state index < -0.39 is 18.5 Å². The number of aromatic nitrogens is 2. The van der Waals surface area contributed by atoms with Gasteiger partial charge < -0.3 is 47.7 Å². The Morgan fingerprint density at radius 1 is 0.920 bits per heavy atom. The molecule has 1 saturated heterocycles. The molecule has 3 unspecified atom stereocenters. The minimum Gasteiger partial charge on any atom is -0.496 e. The number of rotatable bonds is 13. The van der Waals surface area contributed by atoms with Gasteiger partial charge in [-0.2, -0.15) is 4.98 Å². The molecule has 5 aromatic rings. The maximum atomic E-state index is 12.0. The van der Waals surface area contributed by atoms with Crippen molar-refractivity contribution in [1.29, 1.82) is 0 Å². The number of carboxylic acid groups (broad SMARTS) is 1. The summed E-state index contributed by atoms with van der Waals surface area (Å²) in [6, 6.07) is 22.9. The molecule has 1 aliphatic rings. The van der Waals surface area contributed by atoms with Crippen LogP contribution in [0, 0.1) is 0 Å². The molecule has 6 rings (SSSR count). The average molecular weight is 686 g/mol. The number of carbonyl (C=O) groups is 1. The molecule has 3 atom stereocenters. The first-order valence-electron chi connectivity index (χ1n) is 15.9. The summed E-state index contributed by atoms with van der Waals surface area (Å²) in [7, 11) is 7.80. The summed E-state index contributed by atoms with van der Waals surface area (Å²) in [5.41, 5.74) is 2.38. The lowest BCUT2D eigenvalue weighted by Crippen LogP contribution is -2.46. The molecular weight excluding hydrogens is 646 g/mol. The maximum absolute atomic E-state index is 12.0. The lowest BCUT2D eigenvalue weighted by Gasteiger charge is -2.39. The third kappa shape index (κ3) is 7.24. The highest BCUT2D eigenvalue weighted by molar-refractivity contribution is 5.89. The van der Waals surface area contributed by atoms with Gasteiger partial charge in [0.1, 0.15) is 11.5 Å². The molecule has 0 spiro atoms. The fourth-order valence-electron chi connectivity index (χ4n) is 6.24. The van der Waals surface area contributed by atoms with Crippen LogP contribution in [-0.2, 0) is 16.1 Å². The highest BCUT2D eigenvalue weighted by Gasteiger charge is 2.35. The van der Waals surface area contributed by atoms with Gasteiger partial charge >= 0.3 is 6.09 Å². The van der Waals surface area contributed by atoms with Crippen molar-refractivity contribution in [2.24, 2.45) is 0 Å². The zero-order valence-corrected chi connectivity index (χ0v) is 28.5. The molecule has 1 amide bonds. The second-order valence-electron chi connectivity index (χ2n) is 11.6. The largest absolute Gasteiger partial charge is 0.496 e. The highest BCUT2D eigenvalue weighted by atomic mass is 16.7. The summed E-state index contributed by atoms with van der Waals surface area (Å²) >= 11 is 0. The smallest absolute Gasteiger partial charge is 0.407 e. The molecule has 262 valence electrons. The summed E-state index contributed by atoms with van der Waals surface area (Å²) in [6.45, 7) is 0.615. The first-order valence-corrected chi connectivity index (χ1v) is 15.9. The topological polar surface area (TPSA) is 144 Å². The Kier molecular flexibility index (Phi) is 10.5. The van der Waals surface area contributed by atoms with Crippen LogP contribution in [0.4, 0.5) is 4.79 Å². The zero-order chi connectivity index (χ0) is 35.2. The van der Waals surface area contributed by atoms with Gasteiger partial charge in [0.2, 0.25) is 11.6 Å². The Morgan fingerprint density at radius 3 is 2.30 bits per heavy atom. The van der Waals surface area contributed by atoms with E-state index in [1.54, 1.807) is 26.4 Å². The number of hydrogen-bond acceptors (Lipinski definition) is 11. The summed E-state index contributed by atoms with van der Waals surface area (Å²) in [4.78, 5) is 17.8. The molecule has 50 heavy (non-hydrogen) atoms. The Labute approximate surface area is 289 Å². The molecule has 1 fully saturated rings. The number of benzene rings is 4. The van der Waals surface area contributed by atoms with Gasteiger partial charge in [0.05, 0.1) is 41.1 Å². The molecule has 0 saturated carbocycles. The quantitative estimate of drug-likeness (QED) is 0.132. The number of amides is 1. The molecule has 1 aliphatic heterocycles. The zero-order valence-electron chi connectivity index (χ0n) is 28.5. The van der Waals surface area contributed by atoms with E-state index in [9.17, 15) is 9.90 Å². The number of fused-ring (bicyclic) bond motifs is 1. The predicted octanol–water partition coefficient (Wildman–Crippen LogP) is 6.70. The number of methoxy groups -OCH3 is 5. The molecule has 2 heterocycles. The molecule has 0 bridgehead atoms. The van der Waals surface area contributed by atoms with Crippen molar-refractivity contribution in [1.82, 2.24) is 15.0 Å². The van der Waals surface area contributed by atoms with Crippen LogP contribution >= 0.6 is 0 Å². The first-order chi connectivity index (χ1) is 24.3. The van der Waals surface area contributed by atoms with Crippen LogP contribution in [-0.4, -0.2) is 81.0 Å². The van der Waals surface area contributed by atoms with Crippen molar-refractivity contribution in [2.45, 2.75) is 31.3 Å². The predicted molar refractivity (Wildman–Crippen MR) is 182 cm³/mol. The van der Waals surface area contributed by atoms with Crippen LogP contribution in [0.25, 0.3) is 22.2 Å². The number of nitrogens with zero attached hydrogens (tertiary/aromatic N) is 3. The van der Waals surface area contributed by atoms with E-state index in [1.807, 2.05) is 60.7 Å². The Balaban J connectivity index is 1.16. The molecule has 4 aromatic carbocycles. The van der Waals surface area contributed by atoms with Crippen molar-refractivity contribution in [2.75, 3.05) is 48.6 Å². The summed E-state index contributed by atoms with van der Waals surface area (Å²) in [5, 5.41) is 15.8. The second-order valence-corrected chi connectivity index (χ2v) is 11.6. The second kappa shape index (κ2) is 15.3. The van der Waals surface area contributed by atoms with E-state index >= 15 is 0 Å². The van der Waals surface area contributed by atoms with Gasteiger partial charge in [-0.1, -0.05) is 41.6 Å². The van der Waals surface area contributed by atoms with Crippen LogP contribution in [0.3, 0.4) is 0 Å². The molecule has 0 radical (unpaired) electrons. The van der Waals surface area contributed by atoms with E-state index in [1.165, 1.54) is 26.2 Å². The van der Waals surface area contributed by atoms with Gasteiger partial charge in [-0.3, -0.25) is 0 Å². The Morgan fingerprint density at radius 2 is 1.64 bits per heavy atom. The van der Waals surface area contributed by atoms with E-state index in [0.717, 1.165) is 21.9 Å². The van der Waals surface area contributed by atoms with Crippen LogP contribution < -0.4 is 23.7 Å². The van der Waals surface area contributed by atoms with Gasteiger partial charge in [-0.15, -0.1) is 0 Å². The lowest BCUT2D eigenvalue weighted by atomic mass is 9.87. The Bertz CT molecular complexity index is 1900. The van der Waals surface area contributed by atoms with Gasteiger partial charge in [-0.05, 0) is 53.8 Å². The third-order valence-electron chi connectivity index (χ3n) is 8.74. The molecular formula is C37H39N3O10. The van der Waals surface area contributed by atoms with Gasteiger partial charge in [0.15, 0.2) is 24.4 Å². The third-order valence-corrected chi connectivity index (χ3v) is 8.74. The molecule has 1 aromatic heterocycles. The van der Waals surface area contributed by atoms with Crippen molar-refractivity contribution < 1.29 is 47.6 Å². The van der Waals surface area contributed by atoms with E-state index in [4.69, 9.17) is 37.7 Å². The molecule has 13 heteroatoms. The normalized spacial score (nSPS) is 16.5. The average Bonchev–Trinajstić information content (AvgIpc) is 3.64. The van der Waals surface area contributed by atoms with E-state index in [0.29, 0.717) is 53.1 Å². The van der Waals surface area contributed by atoms with Crippen molar-refractivity contribution >= 4 is 16.9 Å². The minimum absolute atomic E-state index is 0.0459. The summed E-state index contributed by atoms with van der Waals surface area (Å²) in [6.07, 6.45) is -1.66. The standard InChI is InChI=1S/C37H39N3O10/c1-43-29-19-25(16-23-8-6-7-9-27(23)29)36(47-5)49-32-20-40(37(41)42)15-14-28(32)22-10-12-26(13-11-22)48-21-33-38-35(39-50-33)24-17-30(44-2)34(46-4)31(18-24)45-3/h6-13,16-19,28,32,36H,14-15,20-21H2,1-5H3,(H,41,42). The van der Waals surface area contributed by atoms with Crippen LogP contribution in [0.1, 0.15) is 35.6 Å². The fraction of sp³-hybridized carbons (Fsp3) is 0.324. The summed E-state index contributed by atoms with van der Waals surface area (Å²) < 4.78 is 45.7. The number of ether oxygens (including phenoxy) is 7. The van der Waals surface area contributed by atoms with Crippen molar-refractivity contribution in [3.8, 4) is 40.1 Å². The highest BCUT2D eigenvalue weighted by Crippen LogP contribution is 2.41. The van der Waals surface area contributed by atoms with Crippen LogP contribution in [0.2, 0.25) is 0 Å². The SMILES string of the molecule is COc1cc(-c2noc(COc3ccc(C4CCN(C(=O)O)CC4OC(OC)c4cc(OC)c5ccccc5c4)cc3)n2)cc(OC)c1OC. The van der Waals surface area contributed by atoms with Gasteiger partial charge in [0.25, 0.3) is 5.89 Å². The van der Waals surface area contributed by atoms with Crippen molar-refractivity contribution in [3.63, 3.8) is 0 Å². The Hall–Kier alpha value is -5.53. The fourth-order valence-corrected chi connectivity index (χ4v) is 6.24.